The van der Waals surface area contributed by atoms with Crippen molar-refractivity contribution in [3.8, 4) is 0 Å². The molecular formula is C30H35N3O6S. The number of hydrogen-bond acceptors (Lipinski definition) is 7. The lowest BCUT2D eigenvalue weighted by Crippen LogP contribution is -2.56. The van der Waals surface area contributed by atoms with Gasteiger partial charge in [0.05, 0.1) is 30.7 Å². The molecule has 2 aromatic rings. The van der Waals surface area contributed by atoms with Crippen molar-refractivity contribution in [2.75, 3.05) is 26.3 Å². The molecule has 212 valence electrons. The van der Waals surface area contributed by atoms with Crippen LogP contribution in [0, 0.1) is 0 Å². The van der Waals surface area contributed by atoms with Gasteiger partial charge in [-0.05, 0) is 55.2 Å². The van der Waals surface area contributed by atoms with E-state index in [-0.39, 0.29) is 11.9 Å². The molecule has 5 rings (SSSR count). The van der Waals surface area contributed by atoms with Gasteiger partial charge in [-0.3, -0.25) is 19.7 Å². The molecule has 2 N–H and O–H groups in total. The van der Waals surface area contributed by atoms with Gasteiger partial charge in [-0.25, -0.2) is 4.79 Å². The number of aryl methyl sites for hydroxylation is 1. The second-order valence-corrected chi connectivity index (χ2v) is 11.7. The first-order valence-corrected chi connectivity index (χ1v) is 14.8. The average molecular weight is 566 g/mol. The molecule has 2 amide bonds. The van der Waals surface area contributed by atoms with Gasteiger partial charge in [0, 0.05) is 13.1 Å². The molecule has 3 heterocycles. The van der Waals surface area contributed by atoms with E-state index in [1.165, 1.54) is 4.90 Å². The summed E-state index contributed by atoms with van der Waals surface area (Å²) in [6, 6.07) is 15.7. The maximum atomic E-state index is 14.1. The summed E-state index contributed by atoms with van der Waals surface area (Å²) in [7, 11) is 0. The summed E-state index contributed by atoms with van der Waals surface area (Å²) in [6.45, 7) is 1.55. The van der Waals surface area contributed by atoms with Crippen molar-refractivity contribution in [2.45, 2.75) is 62.0 Å². The smallest absolute Gasteiger partial charge is 0.326 e. The standard InChI is InChI=1S/C30H35N3O6S/c34-27-23(19-21-9-4-5-10-22(21)24-11-6-12-25(29(36)37)33(24)27)31-26(14-13-20-7-2-1-3-8-20)40-30(38)28(35)32-15-17-39-18-16-32/h1-5,7-10,23-26,31H,6,11-19H2,(H,36,37)/t23-,24+,25-,26-/m1/s1. The van der Waals surface area contributed by atoms with Gasteiger partial charge in [0.15, 0.2) is 0 Å². The molecule has 3 aliphatic rings. The normalized spacial score (nSPS) is 23.5. The van der Waals surface area contributed by atoms with Crippen molar-refractivity contribution in [1.29, 1.82) is 0 Å². The number of carboxylic acid groups (broad SMARTS) is 1. The van der Waals surface area contributed by atoms with Gasteiger partial charge in [0.1, 0.15) is 6.04 Å². The number of nitrogens with zero attached hydrogens (tertiary/aromatic N) is 2. The van der Waals surface area contributed by atoms with Gasteiger partial charge in [-0.15, -0.1) is 0 Å². The van der Waals surface area contributed by atoms with E-state index in [0.717, 1.165) is 34.9 Å². The molecule has 9 nitrogen and oxygen atoms in total. The number of ether oxygens (including phenoxy) is 1. The van der Waals surface area contributed by atoms with Crippen LogP contribution in [0.3, 0.4) is 0 Å². The predicted molar refractivity (Wildman–Crippen MR) is 150 cm³/mol. The third kappa shape index (κ3) is 6.40. The van der Waals surface area contributed by atoms with Crippen LogP contribution in [0.4, 0.5) is 0 Å². The first-order chi connectivity index (χ1) is 19.4. The van der Waals surface area contributed by atoms with Crippen LogP contribution in [0.2, 0.25) is 0 Å². The molecule has 0 aromatic heterocycles. The Labute approximate surface area is 238 Å². The topological polar surface area (TPSA) is 116 Å². The third-order valence-electron chi connectivity index (χ3n) is 7.95. The van der Waals surface area contributed by atoms with Crippen LogP contribution in [-0.2, 0) is 36.8 Å². The summed E-state index contributed by atoms with van der Waals surface area (Å²) in [5.74, 6) is -1.83. The Bertz CT molecular complexity index is 1230. The SMILES string of the molecule is O=C(S[C@H](CCc1ccccc1)N[C@@H]1Cc2ccccc2[C@@H]2CCC[C@H](C(=O)O)N2C1=O)C(=O)N1CCOCC1. The van der Waals surface area contributed by atoms with Crippen molar-refractivity contribution in [1.82, 2.24) is 15.1 Å². The van der Waals surface area contributed by atoms with E-state index in [1.54, 1.807) is 4.90 Å². The summed E-state index contributed by atoms with van der Waals surface area (Å²) >= 11 is 0.917. The van der Waals surface area contributed by atoms with Gasteiger partial charge in [0.25, 0.3) is 5.12 Å². The number of carbonyl (C=O) groups is 4. The first-order valence-electron chi connectivity index (χ1n) is 13.9. The van der Waals surface area contributed by atoms with E-state index in [4.69, 9.17) is 4.74 Å². The minimum Gasteiger partial charge on any atom is -0.480 e. The summed E-state index contributed by atoms with van der Waals surface area (Å²) < 4.78 is 5.31. The van der Waals surface area contributed by atoms with Gasteiger partial charge in [0.2, 0.25) is 5.91 Å². The number of aliphatic carboxylic acids is 1. The minimum atomic E-state index is -1.00. The zero-order valence-corrected chi connectivity index (χ0v) is 23.2. The first kappa shape index (κ1) is 28.3. The summed E-state index contributed by atoms with van der Waals surface area (Å²) in [4.78, 5) is 55.4. The maximum Gasteiger partial charge on any atom is 0.326 e. The summed E-state index contributed by atoms with van der Waals surface area (Å²) in [5.41, 5.74) is 3.06. The lowest BCUT2D eigenvalue weighted by molar-refractivity contribution is -0.156. The molecule has 0 saturated carbocycles. The van der Waals surface area contributed by atoms with Crippen LogP contribution in [0.15, 0.2) is 54.6 Å². The van der Waals surface area contributed by atoms with Gasteiger partial charge >= 0.3 is 11.9 Å². The molecular weight excluding hydrogens is 530 g/mol. The largest absolute Gasteiger partial charge is 0.480 e. The van der Waals surface area contributed by atoms with Gasteiger partial charge in [-0.1, -0.05) is 66.4 Å². The molecule has 10 heteroatoms. The van der Waals surface area contributed by atoms with Crippen molar-refractivity contribution >= 4 is 34.7 Å². The molecule has 2 fully saturated rings. The van der Waals surface area contributed by atoms with Crippen molar-refractivity contribution < 1.29 is 29.0 Å². The molecule has 2 saturated heterocycles. The molecule has 0 radical (unpaired) electrons. The van der Waals surface area contributed by atoms with Crippen molar-refractivity contribution in [2.24, 2.45) is 0 Å². The molecule has 4 atom stereocenters. The molecule has 0 spiro atoms. The fourth-order valence-corrected chi connectivity index (χ4v) is 6.89. The highest BCUT2D eigenvalue weighted by atomic mass is 32.2. The van der Waals surface area contributed by atoms with Crippen molar-refractivity contribution in [3.63, 3.8) is 0 Å². The highest BCUT2D eigenvalue weighted by Gasteiger charge is 2.44. The third-order valence-corrected chi connectivity index (χ3v) is 8.99. The Morgan fingerprint density at radius 2 is 1.75 bits per heavy atom. The summed E-state index contributed by atoms with van der Waals surface area (Å²) in [6.07, 6.45) is 3.37. The molecule has 2 aromatic carbocycles. The Balaban J connectivity index is 1.40. The lowest BCUT2D eigenvalue weighted by atomic mass is 9.89. The van der Waals surface area contributed by atoms with Crippen LogP contribution >= 0.6 is 11.8 Å². The minimum absolute atomic E-state index is 0.273. The van der Waals surface area contributed by atoms with Crippen LogP contribution in [0.1, 0.15) is 48.4 Å². The second kappa shape index (κ2) is 13.0. The number of thioether (sulfide) groups is 1. The van der Waals surface area contributed by atoms with E-state index in [0.29, 0.717) is 58.4 Å². The lowest BCUT2D eigenvalue weighted by Gasteiger charge is -2.41. The highest BCUT2D eigenvalue weighted by molar-refractivity contribution is 8.15. The number of amides is 2. The van der Waals surface area contributed by atoms with E-state index < -0.39 is 34.4 Å². The second-order valence-electron chi connectivity index (χ2n) is 10.5. The molecule has 3 aliphatic heterocycles. The number of hydrogen-bond donors (Lipinski definition) is 2. The zero-order valence-electron chi connectivity index (χ0n) is 22.4. The molecule has 0 aliphatic carbocycles. The Morgan fingerprint density at radius 1 is 1.02 bits per heavy atom. The van der Waals surface area contributed by atoms with Crippen LogP contribution in [0.5, 0.6) is 0 Å². The zero-order chi connectivity index (χ0) is 28.1. The quantitative estimate of drug-likeness (QED) is 0.389. The molecule has 0 bridgehead atoms. The van der Waals surface area contributed by atoms with E-state index in [9.17, 15) is 24.3 Å². The predicted octanol–water partition coefficient (Wildman–Crippen LogP) is 2.79. The van der Waals surface area contributed by atoms with Gasteiger partial charge in [-0.2, -0.15) is 0 Å². The fraction of sp³-hybridized carbons (Fsp3) is 0.467. The Hall–Kier alpha value is -3.21. The van der Waals surface area contributed by atoms with Crippen LogP contribution in [0.25, 0.3) is 0 Å². The summed E-state index contributed by atoms with van der Waals surface area (Å²) in [5, 5.41) is 12.3. The Kier molecular flexibility index (Phi) is 9.18. The number of fused-ring (bicyclic) bond motifs is 3. The van der Waals surface area contributed by atoms with Crippen molar-refractivity contribution in [3.05, 3.63) is 71.3 Å². The van der Waals surface area contributed by atoms with E-state index >= 15 is 0 Å². The average Bonchev–Trinajstić information content (AvgIpc) is 3.10. The Morgan fingerprint density at radius 3 is 2.50 bits per heavy atom. The molecule has 40 heavy (non-hydrogen) atoms. The number of rotatable bonds is 7. The van der Waals surface area contributed by atoms with Crippen LogP contribution < -0.4 is 5.32 Å². The number of nitrogens with one attached hydrogen (secondary N) is 1. The maximum absolute atomic E-state index is 14.1. The fourth-order valence-electron chi connectivity index (χ4n) is 5.94. The number of carbonyl (C=O) groups excluding carboxylic acids is 3. The van der Waals surface area contributed by atoms with E-state index in [1.807, 2.05) is 54.6 Å². The van der Waals surface area contributed by atoms with Gasteiger partial charge < -0.3 is 19.6 Å². The highest BCUT2D eigenvalue weighted by Crippen LogP contribution is 2.39. The molecule has 0 unspecified atom stereocenters. The monoisotopic (exact) mass is 565 g/mol. The van der Waals surface area contributed by atoms with E-state index in [2.05, 4.69) is 5.32 Å². The number of piperidine rings is 1. The number of morpholine rings is 1. The van der Waals surface area contributed by atoms with Crippen LogP contribution in [-0.4, -0.2) is 81.6 Å². The number of carboxylic acids is 1. The number of benzene rings is 2.